The predicted molar refractivity (Wildman–Crippen MR) is 81.3 cm³/mol. The van der Waals surface area contributed by atoms with Crippen LogP contribution in [-0.2, 0) is 4.79 Å². The standard InChI is InChI=1S/C12H14Cl2O2S2/c1-8(12(15)16)7-17-4-5-18-11-6-9(13)2-3-10(11)14/h2-3,6,8H,4-5,7H2,1H3,(H,15,16). The molecule has 0 aromatic heterocycles. The Balaban J connectivity index is 2.26. The van der Waals surface area contributed by atoms with Crippen LogP contribution in [0.1, 0.15) is 6.92 Å². The summed E-state index contributed by atoms with van der Waals surface area (Å²) < 4.78 is 0. The van der Waals surface area contributed by atoms with Gasteiger partial charge in [-0.05, 0) is 18.2 Å². The summed E-state index contributed by atoms with van der Waals surface area (Å²) in [4.78, 5) is 11.6. The Morgan fingerprint density at radius 2 is 2.11 bits per heavy atom. The second-order valence-electron chi connectivity index (χ2n) is 3.74. The lowest BCUT2D eigenvalue weighted by Crippen LogP contribution is -2.12. The molecule has 1 atom stereocenters. The highest BCUT2D eigenvalue weighted by atomic mass is 35.5. The van der Waals surface area contributed by atoms with Crippen LogP contribution in [0, 0.1) is 5.92 Å². The Morgan fingerprint density at radius 3 is 2.78 bits per heavy atom. The molecule has 1 rings (SSSR count). The van der Waals surface area contributed by atoms with Crippen molar-refractivity contribution < 1.29 is 9.90 Å². The molecule has 0 heterocycles. The average molecular weight is 325 g/mol. The predicted octanol–water partition coefficient (Wildman–Crippen LogP) is 4.54. The summed E-state index contributed by atoms with van der Waals surface area (Å²) in [5, 5.41) is 10.1. The monoisotopic (exact) mass is 324 g/mol. The van der Waals surface area contributed by atoms with Gasteiger partial charge in [0.1, 0.15) is 0 Å². The van der Waals surface area contributed by atoms with Crippen molar-refractivity contribution in [2.24, 2.45) is 5.92 Å². The van der Waals surface area contributed by atoms with Crippen molar-refractivity contribution in [1.29, 1.82) is 0 Å². The molecule has 2 nitrogen and oxygen atoms in total. The molecule has 0 saturated heterocycles. The quantitative estimate of drug-likeness (QED) is 0.590. The first kappa shape index (κ1) is 16.0. The molecule has 0 aliphatic carbocycles. The molecule has 1 N–H and O–H groups in total. The fraction of sp³-hybridized carbons (Fsp3) is 0.417. The summed E-state index contributed by atoms with van der Waals surface area (Å²) in [5.41, 5.74) is 0. The van der Waals surface area contributed by atoms with Gasteiger partial charge in [-0.1, -0.05) is 30.1 Å². The number of hydrogen-bond donors (Lipinski definition) is 1. The van der Waals surface area contributed by atoms with Crippen LogP contribution in [0.3, 0.4) is 0 Å². The SMILES string of the molecule is CC(CSCCSc1cc(Cl)ccc1Cl)C(=O)O. The summed E-state index contributed by atoms with van der Waals surface area (Å²) in [5.74, 6) is 1.38. The van der Waals surface area contributed by atoms with Crippen LogP contribution in [0.5, 0.6) is 0 Å². The van der Waals surface area contributed by atoms with Crippen LogP contribution in [-0.4, -0.2) is 28.3 Å². The van der Waals surface area contributed by atoms with Gasteiger partial charge in [-0.15, -0.1) is 11.8 Å². The van der Waals surface area contributed by atoms with E-state index in [-0.39, 0.29) is 5.92 Å². The first-order chi connectivity index (χ1) is 8.50. The van der Waals surface area contributed by atoms with Gasteiger partial charge in [0.05, 0.1) is 10.9 Å². The van der Waals surface area contributed by atoms with E-state index >= 15 is 0 Å². The molecule has 0 bridgehead atoms. The molecular formula is C12H14Cl2O2S2. The van der Waals surface area contributed by atoms with Crippen molar-refractivity contribution >= 4 is 52.7 Å². The highest BCUT2D eigenvalue weighted by Gasteiger charge is 2.10. The lowest BCUT2D eigenvalue weighted by atomic mass is 10.2. The first-order valence-electron chi connectivity index (χ1n) is 5.39. The van der Waals surface area contributed by atoms with E-state index in [2.05, 4.69) is 0 Å². The molecule has 0 spiro atoms. The summed E-state index contributed by atoms with van der Waals surface area (Å²) in [6, 6.07) is 5.39. The van der Waals surface area contributed by atoms with Crippen molar-refractivity contribution in [3.63, 3.8) is 0 Å². The van der Waals surface area contributed by atoms with Gasteiger partial charge in [0.15, 0.2) is 0 Å². The second-order valence-corrected chi connectivity index (χ2v) is 6.87. The van der Waals surface area contributed by atoms with Gasteiger partial charge < -0.3 is 5.11 Å². The molecule has 0 aliphatic rings. The molecule has 6 heteroatoms. The zero-order valence-electron chi connectivity index (χ0n) is 9.86. The molecule has 0 saturated carbocycles. The summed E-state index contributed by atoms with van der Waals surface area (Å²) >= 11 is 15.2. The summed E-state index contributed by atoms with van der Waals surface area (Å²) in [7, 11) is 0. The minimum Gasteiger partial charge on any atom is -0.481 e. The molecule has 18 heavy (non-hydrogen) atoms. The topological polar surface area (TPSA) is 37.3 Å². The normalized spacial score (nSPS) is 12.4. The molecule has 100 valence electrons. The average Bonchev–Trinajstić information content (AvgIpc) is 2.32. The van der Waals surface area contributed by atoms with E-state index in [4.69, 9.17) is 28.3 Å². The van der Waals surface area contributed by atoms with Gasteiger partial charge >= 0.3 is 5.97 Å². The summed E-state index contributed by atoms with van der Waals surface area (Å²) in [6.45, 7) is 1.72. The van der Waals surface area contributed by atoms with Crippen molar-refractivity contribution in [1.82, 2.24) is 0 Å². The van der Waals surface area contributed by atoms with Crippen LogP contribution in [0.25, 0.3) is 0 Å². The number of benzene rings is 1. The van der Waals surface area contributed by atoms with E-state index in [1.807, 2.05) is 6.07 Å². The summed E-state index contributed by atoms with van der Waals surface area (Å²) in [6.07, 6.45) is 0. The van der Waals surface area contributed by atoms with Crippen molar-refractivity contribution in [2.45, 2.75) is 11.8 Å². The Labute approximate surface area is 125 Å². The molecule has 0 fully saturated rings. The van der Waals surface area contributed by atoms with E-state index in [0.717, 1.165) is 16.4 Å². The lowest BCUT2D eigenvalue weighted by Gasteiger charge is -2.06. The van der Waals surface area contributed by atoms with Crippen LogP contribution in [0.2, 0.25) is 10.0 Å². The fourth-order valence-electron chi connectivity index (χ4n) is 1.13. The first-order valence-corrected chi connectivity index (χ1v) is 8.28. The third-order valence-electron chi connectivity index (χ3n) is 2.17. The van der Waals surface area contributed by atoms with Gasteiger partial charge in [0, 0.05) is 27.2 Å². The molecule has 1 aromatic carbocycles. The number of halogens is 2. The van der Waals surface area contributed by atoms with Gasteiger partial charge in [0.25, 0.3) is 0 Å². The molecule has 1 unspecified atom stereocenters. The molecule has 0 radical (unpaired) electrons. The van der Waals surface area contributed by atoms with Crippen molar-refractivity contribution in [2.75, 3.05) is 17.3 Å². The second kappa shape index (κ2) is 8.20. The van der Waals surface area contributed by atoms with Crippen molar-refractivity contribution in [3.8, 4) is 0 Å². The van der Waals surface area contributed by atoms with Crippen LogP contribution in [0.4, 0.5) is 0 Å². The third kappa shape index (κ3) is 5.74. The number of carboxylic acid groups (broad SMARTS) is 1. The van der Waals surface area contributed by atoms with Gasteiger partial charge in [0.2, 0.25) is 0 Å². The van der Waals surface area contributed by atoms with Gasteiger partial charge in [-0.25, -0.2) is 0 Å². The number of carbonyl (C=O) groups is 1. The third-order valence-corrected chi connectivity index (χ3v) is 5.39. The fourth-order valence-corrected chi connectivity index (χ4v) is 3.75. The van der Waals surface area contributed by atoms with Gasteiger partial charge in [-0.3, -0.25) is 4.79 Å². The number of hydrogen-bond acceptors (Lipinski definition) is 3. The van der Waals surface area contributed by atoms with E-state index in [1.54, 1.807) is 42.6 Å². The Hall–Kier alpha value is -0.0300. The molecule has 0 aliphatic heterocycles. The minimum absolute atomic E-state index is 0.297. The Kier molecular flexibility index (Phi) is 7.30. The van der Waals surface area contributed by atoms with Gasteiger partial charge in [-0.2, -0.15) is 11.8 Å². The minimum atomic E-state index is -0.743. The number of rotatable bonds is 7. The van der Waals surface area contributed by atoms with Crippen LogP contribution < -0.4 is 0 Å². The Morgan fingerprint density at radius 1 is 1.39 bits per heavy atom. The van der Waals surface area contributed by atoms with Crippen LogP contribution in [0.15, 0.2) is 23.1 Å². The van der Waals surface area contributed by atoms with Crippen LogP contribution >= 0.6 is 46.7 Å². The number of aliphatic carboxylic acids is 1. The maximum atomic E-state index is 10.6. The molecule has 0 amide bonds. The highest BCUT2D eigenvalue weighted by Crippen LogP contribution is 2.30. The maximum absolute atomic E-state index is 10.6. The lowest BCUT2D eigenvalue weighted by molar-refractivity contribution is -0.140. The van der Waals surface area contributed by atoms with Crippen molar-refractivity contribution in [3.05, 3.63) is 28.2 Å². The Bertz CT molecular complexity index is 413. The number of thioether (sulfide) groups is 2. The maximum Gasteiger partial charge on any atom is 0.307 e. The number of carboxylic acids is 1. The molecular weight excluding hydrogens is 311 g/mol. The zero-order chi connectivity index (χ0) is 13.5. The smallest absolute Gasteiger partial charge is 0.307 e. The zero-order valence-corrected chi connectivity index (χ0v) is 13.0. The van der Waals surface area contributed by atoms with E-state index < -0.39 is 5.97 Å². The van der Waals surface area contributed by atoms with E-state index in [1.165, 1.54) is 0 Å². The molecule has 1 aromatic rings. The highest BCUT2D eigenvalue weighted by molar-refractivity contribution is 8.03. The van der Waals surface area contributed by atoms with E-state index in [9.17, 15) is 4.79 Å². The largest absolute Gasteiger partial charge is 0.481 e. The van der Waals surface area contributed by atoms with E-state index in [0.29, 0.717) is 15.8 Å².